The lowest BCUT2D eigenvalue weighted by molar-refractivity contribution is 0.117. The maximum atomic E-state index is 12.3. The lowest BCUT2D eigenvalue weighted by Crippen LogP contribution is -2.54. The molecule has 0 radical (unpaired) electrons. The third-order valence-corrected chi connectivity index (χ3v) is 5.88. The minimum atomic E-state index is -3.52. The number of likely N-dealkylation sites (N-methyl/N-ethyl adjacent to an activating group) is 2. The van der Waals surface area contributed by atoms with Crippen LogP contribution in [0, 0.1) is 0 Å². The number of nitrogens with two attached hydrogens (primary N) is 1. The molecule has 0 bridgehead atoms. The topological polar surface area (TPSA) is 78.7 Å². The van der Waals surface area contributed by atoms with E-state index in [1.165, 1.54) is 12.1 Å². The second kappa shape index (κ2) is 6.62. The zero-order chi connectivity index (χ0) is 15.6. The molecule has 1 aromatic carbocycles. The molecule has 0 aliphatic carbocycles. The van der Waals surface area contributed by atoms with Crippen molar-refractivity contribution in [2.45, 2.75) is 10.9 Å². The molecule has 1 fully saturated rings. The molecule has 1 aliphatic rings. The largest absolute Gasteiger partial charge is 0.398 e. The van der Waals surface area contributed by atoms with Crippen molar-refractivity contribution in [3.8, 4) is 0 Å². The molecule has 2 rings (SSSR count). The number of rotatable bonds is 4. The van der Waals surface area contributed by atoms with Gasteiger partial charge in [-0.2, -0.15) is 0 Å². The van der Waals surface area contributed by atoms with E-state index in [4.69, 9.17) is 5.73 Å². The third kappa shape index (κ3) is 4.17. The van der Waals surface area contributed by atoms with Gasteiger partial charge in [0.15, 0.2) is 0 Å². The van der Waals surface area contributed by atoms with Crippen LogP contribution in [0.25, 0.3) is 0 Å². The van der Waals surface area contributed by atoms with Gasteiger partial charge in [-0.15, -0.1) is 0 Å². The first-order valence-electron chi connectivity index (χ1n) is 6.73. The molecule has 0 spiro atoms. The smallest absolute Gasteiger partial charge is 0.240 e. The highest BCUT2D eigenvalue weighted by atomic mass is 79.9. The average molecular weight is 377 g/mol. The zero-order valence-corrected chi connectivity index (χ0v) is 14.6. The number of hydrogen-bond acceptors (Lipinski definition) is 5. The van der Waals surface area contributed by atoms with E-state index in [0.29, 0.717) is 16.7 Å². The lowest BCUT2D eigenvalue weighted by atomic mass is 10.2. The molecule has 8 heteroatoms. The summed E-state index contributed by atoms with van der Waals surface area (Å²) in [4.78, 5) is 4.61. The van der Waals surface area contributed by atoms with Crippen LogP contribution < -0.4 is 10.5 Å². The van der Waals surface area contributed by atoms with Crippen molar-refractivity contribution in [3.05, 3.63) is 22.7 Å². The third-order valence-electron chi connectivity index (χ3n) is 3.77. The molecule has 0 amide bonds. The van der Waals surface area contributed by atoms with Gasteiger partial charge in [0.1, 0.15) is 0 Å². The van der Waals surface area contributed by atoms with E-state index in [1.807, 2.05) is 14.1 Å². The summed E-state index contributed by atoms with van der Waals surface area (Å²) in [5.74, 6) is 0. The number of nitrogen functional groups attached to an aromatic ring is 1. The molecular formula is C13H21BrN4O2S. The van der Waals surface area contributed by atoms with Crippen LogP contribution in [0.15, 0.2) is 27.6 Å². The highest BCUT2D eigenvalue weighted by molar-refractivity contribution is 9.10. The van der Waals surface area contributed by atoms with E-state index in [1.54, 1.807) is 6.07 Å². The standard InChI is InChI=1S/C13H21BrN4O2S/c1-17-5-6-18(2)10(9-17)8-16-21(19,20)11-3-4-13(15)12(14)7-11/h3-4,7,10,16H,5-6,8-9,15H2,1-2H3. The van der Waals surface area contributed by atoms with E-state index >= 15 is 0 Å². The second-order valence-electron chi connectivity index (χ2n) is 5.43. The van der Waals surface area contributed by atoms with Gasteiger partial charge in [0.05, 0.1) is 4.90 Å². The number of benzene rings is 1. The summed E-state index contributed by atoms with van der Waals surface area (Å²) in [5.41, 5.74) is 6.20. The van der Waals surface area contributed by atoms with Crippen molar-refractivity contribution in [1.82, 2.24) is 14.5 Å². The Hall–Kier alpha value is -0.670. The predicted molar refractivity (Wildman–Crippen MR) is 87.7 cm³/mol. The second-order valence-corrected chi connectivity index (χ2v) is 8.05. The number of anilines is 1. The van der Waals surface area contributed by atoms with Crippen LogP contribution in [0.3, 0.4) is 0 Å². The zero-order valence-electron chi connectivity index (χ0n) is 12.2. The van der Waals surface area contributed by atoms with Gasteiger partial charge in [0.25, 0.3) is 0 Å². The van der Waals surface area contributed by atoms with E-state index in [-0.39, 0.29) is 10.9 Å². The Morgan fingerprint density at radius 3 is 2.76 bits per heavy atom. The van der Waals surface area contributed by atoms with Crippen molar-refractivity contribution < 1.29 is 8.42 Å². The number of hydrogen-bond donors (Lipinski definition) is 2. The molecule has 3 N–H and O–H groups in total. The van der Waals surface area contributed by atoms with Gasteiger partial charge < -0.3 is 10.6 Å². The summed E-state index contributed by atoms with van der Waals surface area (Å²) < 4.78 is 27.9. The summed E-state index contributed by atoms with van der Waals surface area (Å²) in [6.45, 7) is 3.19. The van der Waals surface area contributed by atoms with Crippen LogP contribution in [0.2, 0.25) is 0 Å². The van der Waals surface area contributed by atoms with Crippen molar-refractivity contribution in [2.75, 3.05) is 46.0 Å². The maximum absolute atomic E-state index is 12.3. The molecule has 1 saturated heterocycles. The molecule has 1 aliphatic heterocycles. The van der Waals surface area contributed by atoms with E-state index < -0.39 is 10.0 Å². The molecule has 1 aromatic rings. The molecule has 6 nitrogen and oxygen atoms in total. The fourth-order valence-corrected chi connectivity index (χ4v) is 3.92. The highest BCUT2D eigenvalue weighted by Crippen LogP contribution is 2.23. The molecule has 0 aromatic heterocycles. The maximum Gasteiger partial charge on any atom is 0.240 e. The average Bonchev–Trinajstić information content (AvgIpc) is 2.43. The fraction of sp³-hybridized carbons (Fsp3) is 0.538. The first-order valence-corrected chi connectivity index (χ1v) is 9.00. The lowest BCUT2D eigenvalue weighted by Gasteiger charge is -2.37. The van der Waals surface area contributed by atoms with Crippen LogP contribution >= 0.6 is 15.9 Å². The van der Waals surface area contributed by atoms with Crippen LogP contribution in [0.4, 0.5) is 5.69 Å². The summed E-state index contributed by atoms with van der Waals surface area (Å²) in [5, 5.41) is 0. The van der Waals surface area contributed by atoms with Gasteiger partial charge in [-0.05, 0) is 48.2 Å². The van der Waals surface area contributed by atoms with E-state index in [0.717, 1.165) is 19.6 Å². The SMILES string of the molecule is CN1CCN(C)C(CNS(=O)(=O)c2ccc(N)c(Br)c2)C1. The van der Waals surface area contributed by atoms with Gasteiger partial charge in [-0.25, -0.2) is 13.1 Å². The predicted octanol–water partition coefficient (Wildman–Crippen LogP) is 0.555. The number of piperazine rings is 1. The Morgan fingerprint density at radius 1 is 1.38 bits per heavy atom. The first kappa shape index (κ1) is 16.7. The van der Waals surface area contributed by atoms with Gasteiger partial charge in [-0.1, -0.05) is 0 Å². The monoisotopic (exact) mass is 376 g/mol. The highest BCUT2D eigenvalue weighted by Gasteiger charge is 2.24. The Bertz CT molecular complexity index is 608. The summed E-state index contributed by atoms with van der Waals surface area (Å²) in [6.07, 6.45) is 0. The summed E-state index contributed by atoms with van der Waals surface area (Å²) >= 11 is 3.25. The quantitative estimate of drug-likeness (QED) is 0.750. The molecule has 1 atom stereocenters. The van der Waals surface area contributed by atoms with Crippen LogP contribution in [0.1, 0.15) is 0 Å². The van der Waals surface area contributed by atoms with Crippen molar-refractivity contribution in [3.63, 3.8) is 0 Å². The van der Waals surface area contributed by atoms with Gasteiger partial charge in [-0.3, -0.25) is 4.90 Å². The molecular weight excluding hydrogens is 356 g/mol. The summed E-state index contributed by atoms with van der Waals surface area (Å²) in [7, 11) is 0.546. The Balaban J connectivity index is 2.05. The van der Waals surface area contributed by atoms with E-state index in [2.05, 4.69) is 30.5 Å². The minimum Gasteiger partial charge on any atom is -0.398 e. The Morgan fingerprint density at radius 2 is 2.10 bits per heavy atom. The number of sulfonamides is 1. The van der Waals surface area contributed by atoms with Crippen molar-refractivity contribution in [2.24, 2.45) is 0 Å². The molecule has 21 heavy (non-hydrogen) atoms. The number of halogens is 1. The summed E-state index contributed by atoms with van der Waals surface area (Å²) in [6, 6.07) is 4.79. The minimum absolute atomic E-state index is 0.177. The molecule has 1 heterocycles. The van der Waals surface area contributed by atoms with Gasteiger partial charge >= 0.3 is 0 Å². The number of nitrogens with one attached hydrogen (secondary N) is 1. The number of nitrogens with zero attached hydrogens (tertiary/aromatic N) is 2. The molecule has 1 unspecified atom stereocenters. The van der Waals surface area contributed by atoms with Crippen LogP contribution in [-0.2, 0) is 10.0 Å². The Kier molecular flexibility index (Phi) is 5.26. The van der Waals surface area contributed by atoms with Gasteiger partial charge in [0, 0.05) is 42.4 Å². The Labute approximate surface area is 134 Å². The van der Waals surface area contributed by atoms with Crippen molar-refractivity contribution in [1.29, 1.82) is 0 Å². The van der Waals surface area contributed by atoms with Gasteiger partial charge in [0.2, 0.25) is 10.0 Å². The first-order chi connectivity index (χ1) is 9.79. The van der Waals surface area contributed by atoms with Crippen LogP contribution in [0.5, 0.6) is 0 Å². The molecule has 0 saturated carbocycles. The normalized spacial score (nSPS) is 21.6. The van der Waals surface area contributed by atoms with E-state index in [9.17, 15) is 8.42 Å². The molecule has 118 valence electrons. The van der Waals surface area contributed by atoms with Crippen molar-refractivity contribution >= 4 is 31.6 Å². The fourth-order valence-electron chi connectivity index (χ4n) is 2.29. The van der Waals surface area contributed by atoms with Crippen LogP contribution in [-0.4, -0.2) is 64.5 Å².